The average molecular weight is 318 g/mol. The number of aryl methyl sites for hydroxylation is 1. The third kappa shape index (κ3) is 4.21. The second-order valence-corrected chi connectivity index (χ2v) is 6.02. The number of benzene rings is 2. The van der Waals surface area contributed by atoms with Crippen LogP contribution < -0.4 is 10.9 Å². The number of nitrogens with one attached hydrogen (secondary N) is 1. The summed E-state index contributed by atoms with van der Waals surface area (Å²) in [5, 5.41) is 3.60. The highest BCUT2D eigenvalue weighted by Crippen LogP contribution is 2.19. The van der Waals surface area contributed by atoms with Crippen LogP contribution in [0.1, 0.15) is 22.7 Å². The molecule has 0 fully saturated rings. The monoisotopic (exact) mass is 318 g/mol. The van der Waals surface area contributed by atoms with Crippen molar-refractivity contribution in [3.05, 3.63) is 106 Å². The number of hydrogen-bond donors (Lipinski definition) is 1. The fraction of sp³-hybridized carbons (Fsp3) is 0.190. The van der Waals surface area contributed by atoms with E-state index in [-0.39, 0.29) is 11.6 Å². The lowest BCUT2D eigenvalue weighted by molar-refractivity contribution is 0.529. The highest BCUT2D eigenvalue weighted by Gasteiger charge is 2.11. The fourth-order valence-electron chi connectivity index (χ4n) is 2.78. The molecule has 122 valence electrons. The van der Waals surface area contributed by atoms with Crippen molar-refractivity contribution in [1.82, 2.24) is 9.88 Å². The molecule has 0 aliphatic heterocycles. The number of hydrogen-bond acceptors (Lipinski definition) is 2. The van der Waals surface area contributed by atoms with Gasteiger partial charge in [0.1, 0.15) is 0 Å². The number of rotatable bonds is 6. The Morgan fingerprint density at radius 1 is 0.917 bits per heavy atom. The lowest BCUT2D eigenvalue weighted by atomic mass is 9.98. The largest absolute Gasteiger partial charge is 0.319 e. The molecule has 1 heterocycles. The predicted molar refractivity (Wildman–Crippen MR) is 97.9 cm³/mol. The Morgan fingerprint density at radius 2 is 1.58 bits per heavy atom. The average Bonchev–Trinajstić information content (AvgIpc) is 2.63. The van der Waals surface area contributed by atoms with E-state index in [2.05, 4.69) is 53.8 Å². The van der Waals surface area contributed by atoms with Crippen molar-refractivity contribution in [3.63, 3.8) is 0 Å². The van der Waals surface area contributed by atoms with Gasteiger partial charge in [0.25, 0.3) is 5.56 Å². The lowest BCUT2D eigenvalue weighted by Crippen LogP contribution is -2.24. The minimum atomic E-state index is 0.0219. The second kappa shape index (κ2) is 7.75. The molecule has 0 aliphatic carbocycles. The van der Waals surface area contributed by atoms with Crippen LogP contribution >= 0.6 is 0 Å². The van der Waals surface area contributed by atoms with E-state index in [0.29, 0.717) is 6.54 Å². The summed E-state index contributed by atoms with van der Waals surface area (Å²) in [7, 11) is 1.77. The van der Waals surface area contributed by atoms with Gasteiger partial charge in [-0.1, -0.05) is 60.7 Å². The van der Waals surface area contributed by atoms with E-state index in [1.165, 1.54) is 11.1 Å². The topological polar surface area (TPSA) is 34.0 Å². The van der Waals surface area contributed by atoms with Crippen molar-refractivity contribution in [2.75, 3.05) is 0 Å². The van der Waals surface area contributed by atoms with Crippen LogP contribution in [0.25, 0.3) is 0 Å². The molecule has 0 saturated heterocycles. The van der Waals surface area contributed by atoms with Crippen LogP contribution in [0, 0.1) is 0 Å². The first kappa shape index (κ1) is 16.2. The highest BCUT2D eigenvalue weighted by atomic mass is 16.1. The Balaban J connectivity index is 1.77. The van der Waals surface area contributed by atoms with Crippen LogP contribution in [0.5, 0.6) is 0 Å². The van der Waals surface area contributed by atoms with Crippen LogP contribution in [-0.2, 0) is 20.0 Å². The first-order valence-electron chi connectivity index (χ1n) is 8.20. The molecule has 0 amide bonds. The van der Waals surface area contributed by atoms with E-state index < -0.39 is 0 Å². The van der Waals surface area contributed by atoms with Gasteiger partial charge in [-0.05, 0) is 29.2 Å². The second-order valence-electron chi connectivity index (χ2n) is 6.02. The number of nitrogens with zero attached hydrogens (tertiary/aromatic N) is 1. The van der Waals surface area contributed by atoms with Gasteiger partial charge in [0.15, 0.2) is 0 Å². The number of pyridine rings is 1. The molecule has 3 aromatic rings. The van der Waals surface area contributed by atoms with Crippen molar-refractivity contribution in [1.29, 1.82) is 0 Å². The van der Waals surface area contributed by atoms with Crippen molar-refractivity contribution in [3.8, 4) is 0 Å². The molecule has 3 rings (SSSR count). The van der Waals surface area contributed by atoms with Crippen LogP contribution in [0.15, 0.2) is 83.8 Å². The van der Waals surface area contributed by atoms with E-state index in [9.17, 15) is 4.79 Å². The minimum Gasteiger partial charge on any atom is -0.319 e. The Kier molecular flexibility index (Phi) is 5.24. The predicted octanol–water partition coefficient (Wildman–Crippen LogP) is 3.46. The first-order valence-corrected chi connectivity index (χ1v) is 8.20. The Bertz CT molecular complexity index is 825. The quantitative estimate of drug-likeness (QED) is 0.755. The molecule has 24 heavy (non-hydrogen) atoms. The summed E-state index contributed by atoms with van der Waals surface area (Å²) in [6.45, 7) is 0.669. The summed E-state index contributed by atoms with van der Waals surface area (Å²) in [4.78, 5) is 11.8. The molecule has 0 saturated carbocycles. The van der Waals surface area contributed by atoms with Gasteiger partial charge in [-0.3, -0.25) is 4.79 Å². The molecule has 2 aromatic carbocycles. The molecular weight excluding hydrogens is 296 g/mol. The zero-order valence-electron chi connectivity index (χ0n) is 13.9. The molecule has 0 aliphatic rings. The SMILES string of the molecule is Cn1ccc(CN[C@@H](Cc2ccccc2)c2ccccc2)cc1=O. The van der Waals surface area contributed by atoms with Crippen LogP contribution in [0.2, 0.25) is 0 Å². The van der Waals surface area contributed by atoms with Gasteiger partial charge < -0.3 is 9.88 Å². The maximum Gasteiger partial charge on any atom is 0.250 e. The standard InChI is InChI=1S/C21H22N2O/c1-23-13-12-18(15-21(23)24)16-22-20(19-10-6-3-7-11-19)14-17-8-4-2-5-9-17/h2-13,15,20,22H,14,16H2,1H3/t20-/m0/s1. The highest BCUT2D eigenvalue weighted by molar-refractivity contribution is 5.24. The maximum absolute atomic E-state index is 11.8. The zero-order chi connectivity index (χ0) is 16.8. The fourth-order valence-corrected chi connectivity index (χ4v) is 2.78. The van der Waals surface area contributed by atoms with Crippen LogP contribution in [-0.4, -0.2) is 4.57 Å². The van der Waals surface area contributed by atoms with Gasteiger partial charge >= 0.3 is 0 Å². The molecule has 0 spiro atoms. The summed E-state index contributed by atoms with van der Waals surface area (Å²) in [6, 6.07) is 24.8. The first-order chi connectivity index (χ1) is 11.7. The minimum absolute atomic E-state index is 0.0219. The molecule has 0 bridgehead atoms. The third-order valence-corrected chi connectivity index (χ3v) is 4.21. The van der Waals surface area contributed by atoms with E-state index in [1.54, 1.807) is 17.7 Å². The van der Waals surface area contributed by atoms with Crippen molar-refractivity contribution in [2.24, 2.45) is 7.05 Å². The van der Waals surface area contributed by atoms with Gasteiger partial charge in [-0.15, -0.1) is 0 Å². The Hall–Kier alpha value is -2.65. The van der Waals surface area contributed by atoms with Gasteiger partial charge in [0.05, 0.1) is 0 Å². The van der Waals surface area contributed by atoms with Crippen molar-refractivity contribution < 1.29 is 0 Å². The molecule has 1 N–H and O–H groups in total. The van der Waals surface area contributed by atoms with Gasteiger partial charge in [-0.2, -0.15) is 0 Å². The molecular formula is C21H22N2O. The maximum atomic E-state index is 11.8. The van der Waals surface area contributed by atoms with E-state index in [0.717, 1.165) is 12.0 Å². The summed E-state index contributed by atoms with van der Waals surface area (Å²) in [5.74, 6) is 0. The molecule has 0 unspecified atom stereocenters. The van der Waals surface area contributed by atoms with Crippen molar-refractivity contribution in [2.45, 2.75) is 19.0 Å². The summed E-state index contributed by atoms with van der Waals surface area (Å²) >= 11 is 0. The van der Waals surface area contributed by atoms with Gasteiger partial charge in [0.2, 0.25) is 0 Å². The van der Waals surface area contributed by atoms with E-state index in [4.69, 9.17) is 0 Å². The van der Waals surface area contributed by atoms with E-state index >= 15 is 0 Å². The lowest BCUT2D eigenvalue weighted by Gasteiger charge is -2.20. The molecule has 0 radical (unpaired) electrons. The zero-order valence-corrected chi connectivity index (χ0v) is 13.9. The molecule has 3 heteroatoms. The molecule has 1 atom stereocenters. The van der Waals surface area contributed by atoms with Gasteiger partial charge in [0, 0.05) is 31.9 Å². The Labute approximate surface area is 142 Å². The van der Waals surface area contributed by atoms with Crippen LogP contribution in [0.3, 0.4) is 0 Å². The number of aromatic nitrogens is 1. The van der Waals surface area contributed by atoms with Crippen molar-refractivity contribution >= 4 is 0 Å². The summed E-state index contributed by atoms with van der Waals surface area (Å²) in [6.07, 6.45) is 2.73. The normalized spacial score (nSPS) is 12.0. The van der Waals surface area contributed by atoms with Crippen LogP contribution in [0.4, 0.5) is 0 Å². The van der Waals surface area contributed by atoms with E-state index in [1.807, 2.05) is 24.4 Å². The molecule has 3 nitrogen and oxygen atoms in total. The summed E-state index contributed by atoms with van der Waals surface area (Å²) < 4.78 is 1.59. The summed E-state index contributed by atoms with van der Waals surface area (Å²) in [5.41, 5.74) is 3.58. The van der Waals surface area contributed by atoms with Gasteiger partial charge in [-0.25, -0.2) is 0 Å². The third-order valence-electron chi connectivity index (χ3n) is 4.21. The smallest absolute Gasteiger partial charge is 0.250 e. The Morgan fingerprint density at radius 3 is 2.25 bits per heavy atom. The molecule has 1 aromatic heterocycles.